The van der Waals surface area contributed by atoms with Crippen LogP contribution in [0.15, 0.2) is 10.6 Å². The van der Waals surface area contributed by atoms with Gasteiger partial charge in [0.1, 0.15) is 19.3 Å². The molecule has 0 unspecified atom stereocenters. The molecule has 1 amide bonds. The molecule has 0 aliphatic heterocycles. The van der Waals surface area contributed by atoms with Gasteiger partial charge >= 0.3 is 5.97 Å². The lowest BCUT2D eigenvalue weighted by Crippen LogP contribution is -2.43. The fourth-order valence-electron chi connectivity index (χ4n) is 1.66. The zero-order valence-corrected chi connectivity index (χ0v) is 11.9. The van der Waals surface area contributed by atoms with Crippen molar-refractivity contribution in [3.8, 4) is 0 Å². The van der Waals surface area contributed by atoms with E-state index in [0.717, 1.165) is 5.69 Å². The van der Waals surface area contributed by atoms with Gasteiger partial charge in [-0.25, -0.2) is 4.79 Å². The van der Waals surface area contributed by atoms with E-state index in [4.69, 9.17) is 14.4 Å². The summed E-state index contributed by atoms with van der Waals surface area (Å²) in [5.74, 6) is -0.811. The molecule has 112 valence electrons. The minimum atomic E-state index is -1.04. The number of aliphatic carboxylic acids is 1. The Labute approximate surface area is 117 Å². The average molecular weight is 284 g/mol. The molecular weight excluding hydrogens is 264 g/mol. The highest BCUT2D eigenvalue weighted by atomic mass is 16.5. The number of nitrogens with zero attached hydrogens (tertiary/aromatic N) is 1. The third-order valence-corrected chi connectivity index (χ3v) is 2.49. The summed E-state index contributed by atoms with van der Waals surface area (Å²) >= 11 is 0. The number of carboxylic acid groups (broad SMARTS) is 1. The molecule has 1 rings (SSSR count). The summed E-state index contributed by atoms with van der Waals surface area (Å²) in [5, 5.41) is 15.1. The molecule has 1 atom stereocenters. The predicted molar refractivity (Wildman–Crippen MR) is 69.9 cm³/mol. The highest BCUT2D eigenvalue weighted by Gasteiger charge is 2.20. The topological polar surface area (TPSA) is 102 Å². The molecule has 2 N–H and O–H groups in total. The summed E-state index contributed by atoms with van der Waals surface area (Å²) in [6, 6.07) is 0.815. The Morgan fingerprint density at radius 2 is 2.20 bits per heavy atom. The van der Waals surface area contributed by atoms with Gasteiger partial charge in [0.2, 0.25) is 5.91 Å². The number of carbonyl (C=O) groups is 2. The van der Waals surface area contributed by atoms with Crippen LogP contribution in [0.25, 0.3) is 0 Å². The Morgan fingerprint density at radius 1 is 1.50 bits per heavy atom. The standard InChI is InChI=1S/C13H20N2O5/c1-8(2)4-11(13(17)18)14-12(16)7-19-6-10-5-9(3)15-20-10/h5,8,11H,4,6-7H2,1-3H3,(H,14,16)(H,17,18)/t11-/m0/s1. The van der Waals surface area contributed by atoms with Crippen LogP contribution in [-0.2, 0) is 20.9 Å². The minimum absolute atomic E-state index is 0.121. The van der Waals surface area contributed by atoms with Crippen LogP contribution in [0.5, 0.6) is 0 Å². The van der Waals surface area contributed by atoms with Crippen LogP contribution in [0, 0.1) is 12.8 Å². The van der Waals surface area contributed by atoms with Crippen molar-refractivity contribution in [2.75, 3.05) is 6.61 Å². The second kappa shape index (κ2) is 7.64. The molecule has 0 aliphatic rings. The number of carbonyl (C=O) groups excluding carboxylic acids is 1. The molecule has 1 heterocycles. The molecule has 0 aliphatic carbocycles. The molecule has 0 saturated heterocycles. The zero-order valence-electron chi connectivity index (χ0n) is 11.9. The first kappa shape index (κ1) is 16.2. The number of rotatable bonds is 8. The molecule has 1 aromatic rings. The Kier molecular flexibility index (Phi) is 6.17. The van der Waals surface area contributed by atoms with Gasteiger partial charge < -0.3 is 19.7 Å². The van der Waals surface area contributed by atoms with Crippen LogP contribution in [0.3, 0.4) is 0 Å². The van der Waals surface area contributed by atoms with Gasteiger partial charge in [0.15, 0.2) is 5.76 Å². The molecule has 0 aromatic carbocycles. The molecule has 20 heavy (non-hydrogen) atoms. The third kappa shape index (κ3) is 5.83. The molecule has 0 bridgehead atoms. The Bertz CT molecular complexity index is 455. The lowest BCUT2D eigenvalue weighted by atomic mass is 10.0. The van der Waals surface area contributed by atoms with Crippen molar-refractivity contribution in [2.24, 2.45) is 5.92 Å². The van der Waals surface area contributed by atoms with Crippen molar-refractivity contribution < 1.29 is 24.0 Å². The number of aromatic nitrogens is 1. The molecule has 0 radical (unpaired) electrons. The number of hydrogen-bond donors (Lipinski definition) is 2. The number of aryl methyl sites for hydroxylation is 1. The Hall–Kier alpha value is -1.89. The van der Waals surface area contributed by atoms with Crippen LogP contribution in [0.4, 0.5) is 0 Å². The second-order valence-corrected chi connectivity index (χ2v) is 5.02. The fraction of sp³-hybridized carbons (Fsp3) is 0.615. The molecular formula is C13H20N2O5. The summed E-state index contributed by atoms with van der Waals surface area (Å²) in [5.41, 5.74) is 0.732. The first-order valence-electron chi connectivity index (χ1n) is 6.40. The van der Waals surface area contributed by atoms with Gasteiger partial charge in [-0.1, -0.05) is 19.0 Å². The maximum absolute atomic E-state index is 11.6. The largest absolute Gasteiger partial charge is 0.480 e. The predicted octanol–water partition coefficient (Wildman–Crippen LogP) is 1.12. The summed E-state index contributed by atoms with van der Waals surface area (Å²) in [6.07, 6.45) is 0.377. The van der Waals surface area contributed by atoms with Crippen LogP contribution in [0.2, 0.25) is 0 Å². The maximum Gasteiger partial charge on any atom is 0.326 e. The van der Waals surface area contributed by atoms with Crippen molar-refractivity contribution in [1.29, 1.82) is 0 Å². The van der Waals surface area contributed by atoms with E-state index >= 15 is 0 Å². The van der Waals surface area contributed by atoms with Crippen molar-refractivity contribution in [3.05, 3.63) is 17.5 Å². The molecule has 7 heteroatoms. The number of ether oxygens (including phenoxy) is 1. The summed E-state index contributed by atoms with van der Waals surface area (Å²) in [4.78, 5) is 22.6. The SMILES string of the molecule is Cc1cc(COCC(=O)N[C@@H](CC(C)C)C(=O)O)on1. The smallest absolute Gasteiger partial charge is 0.326 e. The lowest BCUT2D eigenvalue weighted by molar-refractivity contribution is -0.143. The van der Waals surface area contributed by atoms with Gasteiger partial charge in [0, 0.05) is 6.07 Å². The average Bonchev–Trinajstić information content (AvgIpc) is 2.73. The van der Waals surface area contributed by atoms with Gasteiger partial charge in [-0.05, 0) is 19.3 Å². The Balaban J connectivity index is 2.32. The van der Waals surface area contributed by atoms with Gasteiger partial charge in [0.05, 0.1) is 5.69 Å². The first-order chi connectivity index (χ1) is 9.38. The quantitative estimate of drug-likeness (QED) is 0.741. The zero-order chi connectivity index (χ0) is 15.1. The van der Waals surface area contributed by atoms with Crippen molar-refractivity contribution >= 4 is 11.9 Å². The van der Waals surface area contributed by atoms with E-state index in [1.165, 1.54) is 0 Å². The second-order valence-electron chi connectivity index (χ2n) is 5.02. The monoisotopic (exact) mass is 284 g/mol. The van der Waals surface area contributed by atoms with Crippen LogP contribution in [-0.4, -0.2) is 34.8 Å². The number of hydrogen-bond acceptors (Lipinski definition) is 5. The van der Waals surface area contributed by atoms with Crippen LogP contribution in [0.1, 0.15) is 31.7 Å². The minimum Gasteiger partial charge on any atom is -0.480 e. The molecule has 0 saturated carbocycles. The third-order valence-electron chi connectivity index (χ3n) is 2.49. The van der Waals surface area contributed by atoms with E-state index in [-0.39, 0.29) is 19.1 Å². The van der Waals surface area contributed by atoms with Crippen LogP contribution < -0.4 is 5.32 Å². The van der Waals surface area contributed by atoms with Gasteiger partial charge in [-0.2, -0.15) is 0 Å². The number of nitrogens with one attached hydrogen (secondary N) is 1. The molecule has 7 nitrogen and oxygen atoms in total. The summed E-state index contributed by atoms with van der Waals surface area (Å²) < 4.78 is 10.1. The van der Waals surface area contributed by atoms with Gasteiger partial charge in [-0.3, -0.25) is 4.79 Å². The fourth-order valence-corrected chi connectivity index (χ4v) is 1.66. The van der Waals surface area contributed by atoms with Gasteiger partial charge in [-0.15, -0.1) is 0 Å². The normalized spacial score (nSPS) is 12.4. The van der Waals surface area contributed by atoms with Crippen molar-refractivity contribution in [3.63, 3.8) is 0 Å². The summed E-state index contributed by atoms with van der Waals surface area (Å²) in [7, 11) is 0. The highest BCUT2D eigenvalue weighted by molar-refractivity contribution is 5.84. The van der Waals surface area contributed by atoms with E-state index in [1.807, 2.05) is 13.8 Å². The first-order valence-corrected chi connectivity index (χ1v) is 6.40. The molecule has 0 fully saturated rings. The summed E-state index contributed by atoms with van der Waals surface area (Å²) in [6.45, 7) is 5.47. The number of carboxylic acids is 1. The van der Waals surface area contributed by atoms with Gasteiger partial charge in [0.25, 0.3) is 0 Å². The van der Waals surface area contributed by atoms with E-state index < -0.39 is 17.9 Å². The van der Waals surface area contributed by atoms with E-state index in [9.17, 15) is 9.59 Å². The molecule has 1 aromatic heterocycles. The number of amides is 1. The highest BCUT2D eigenvalue weighted by Crippen LogP contribution is 2.06. The van der Waals surface area contributed by atoms with E-state index in [1.54, 1.807) is 13.0 Å². The molecule has 0 spiro atoms. The van der Waals surface area contributed by atoms with E-state index in [2.05, 4.69) is 10.5 Å². The Morgan fingerprint density at radius 3 is 2.70 bits per heavy atom. The maximum atomic E-state index is 11.6. The van der Waals surface area contributed by atoms with Crippen LogP contribution >= 0.6 is 0 Å². The lowest BCUT2D eigenvalue weighted by Gasteiger charge is -2.16. The van der Waals surface area contributed by atoms with Crippen molar-refractivity contribution in [1.82, 2.24) is 10.5 Å². The van der Waals surface area contributed by atoms with E-state index in [0.29, 0.717) is 12.2 Å². The van der Waals surface area contributed by atoms with Crippen molar-refractivity contribution in [2.45, 2.75) is 39.8 Å².